The van der Waals surface area contributed by atoms with Crippen molar-refractivity contribution in [3.63, 3.8) is 0 Å². The minimum Gasteiger partial charge on any atom is -0.299 e. The molecule has 0 aliphatic carbocycles. The van der Waals surface area contributed by atoms with Crippen molar-refractivity contribution >= 4 is 16.6 Å². The van der Waals surface area contributed by atoms with Crippen molar-refractivity contribution in [2.75, 3.05) is 6.26 Å². The maximum Gasteiger partial charge on any atom is 0.141 e. The zero-order valence-electron chi connectivity index (χ0n) is 11.8. The summed E-state index contributed by atoms with van der Waals surface area (Å²) < 4.78 is 11.4. The molecule has 2 nitrogen and oxygen atoms in total. The molecule has 0 heterocycles. The van der Waals surface area contributed by atoms with Crippen molar-refractivity contribution in [2.24, 2.45) is 0 Å². The SMILES string of the molecule is Cc1ccccc1CC(=O)Cc1cccc(S(C)=O)c1. The van der Waals surface area contributed by atoms with Gasteiger partial charge in [-0.2, -0.15) is 0 Å². The van der Waals surface area contributed by atoms with Crippen LogP contribution in [0.5, 0.6) is 0 Å². The number of aryl methyl sites for hydroxylation is 1. The van der Waals surface area contributed by atoms with E-state index in [-0.39, 0.29) is 5.78 Å². The molecule has 0 amide bonds. The van der Waals surface area contributed by atoms with Crippen LogP contribution in [0.25, 0.3) is 0 Å². The van der Waals surface area contributed by atoms with Crippen LogP contribution in [0.3, 0.4) is 0 Å². The number of ketones is 1. The maximum absolute atomic E-state index is 12.1. The Morgan fingerprint density at radius 1 is 1.05 bits per heavy atom. The van der Waals surface area contributed by atoms with Crippen LogP contribution in [-0.4, -0.2) is 16.2 Å². The summed E-state index contributed by atoms with van der Waals surface area (Å²) in [5.41, 5.74) is 3.15. The molecule has 0 aliphatic rings. The Morgan fingerprint density at radius 3 is 2.50 bits per heavy atom. The number of hydrogen-bond acceptors (Lipinski definition) is 2. The second-order valence-corrected chi connectivity index (χ2v) is 6.30. The number of benzene rings is 2. The summed E-state index contributed by atoms with van der Waals surface area (Å²) in [5, 5.41) is 0. The van der Waals surface area contributed by atoms with Gasteiger partial charge in [-0.25, -0.2) is 0 Å². The Kier molecular flexibility index (Phi) is 4.85. The number of rotatable bonds is 5. The number of carbonyl (C=O) groups excluding carboxylic acids is 1. The van der Waals surface area contributed by atoms with Gasteiger partial charge < -0.3 is 0 Å². The van der Waals surface area contributed by atoms with Crippen molar-refractivity contribution in [1.29, 1.82) is 0 Å². The summed E-state index contributed by atoms with van der Waals surface area (Å²) in [6.45, 7) is 2.02. The first-order valence-electron chi connectivity index (χ1n) is 6.55. The molecular weight excluding hydrogens is 268 g/mol. The molecule has 0 bridgehead atoms. The van der Waals surface area contributed by atoms with Gasteiger partial charge in [0.05, 0.1) is 0 Å². The fourth-order valence-corrected chi connectivity index (χ4v) is 2.73. The van der Waals surface area contributed by atoms with Gasteiger partial charge in [-0.3, -0.25) is 9.00 Å². The molecule has 0 fully saturated rings. The second kappa shape index (κ2) is 6.62. The monoisotopic (exact) mass is 286 g/mol. The van der Waals surface area contributed by atoms with Crippen molar-refractivity contribution < 1.29 is 9.00 Å². The first kappa shape index (κ1) is 14.7. The highest BCUT2D eigenvalue weighted by Gasteiger charge is 2.08. The van der Waals surface area contributed by atoms with E-state index in [1.165, 1.54) is 0 Å². The van der Waals surface area contributed by atoms with E-state index in [1.54, 1.807) is 6.26 Å². The Morgan fingerprint density at radius 2 is 1.80 bits per heavy atom. The maximum atomic E-state index is 12.1. The van der Waals surface area contributed by atoms with Crippen molar-refractivity contribution in [2.45, 2.75) is 24.7 Å². The molecule has 2 rings (SSSR count). The van der Waals surface area contributed by atoms with Gasteiger partial charge in [-0.15, -0.1) is 0 Å². The summed E-state index contributed by atoms with van der Waals surface area (Å²) in [6, 6.07) is 15.4. The lowest BCUT2D eigenvalue weighted by atomic mass is 10.00. The van der Waals surface area contributed by atoms with Gasteiger partial charge in [-0.05, 0) is 35.7 Å². The molecule has 1 atom stereocenters. The van der Waals surface area contributed by atoms with E-state index in [1.807, 2.05) is 55.5 Å². The number of Topliss-reactive ketones (excluding diaryl/α,β-unsaturated/α-hetero) is 1. The Labute approximate surface area is 122 Å². The molecule has 3 heteroatoms. The molecule has 20 heavy (non-hydrogen) atoms. The highest BCUT2D eigenvalue weighted by Crippen LogP contribution is 2.12. The predicted molar refractivity (Wildman–Crippen MR) is 82.4 cm³/mol. The smallest absolute Gasteiger partial charge is 0.141 e. The van der Waals surface area contributed by atoms with Crippen LogP contribution in [0.4, 0.5) is 0 Å². The molecule has 2 aromatic carbocycles. The summed E-state index contributed by atoms with van der Waals surface area (Å²) >= 11 is 0. The average molecular weight is 286 g/mol. The summed E-state index contributed by atoms with van der Waals surface area (Å²) in [4.78, 5) is 12.9. The van der Waals surface area contributed by atoms with E-state index >= 15 is 0 Å². The largest absolute Gasteiger partial charge is 0.299 e. The quantitative estimate of drug-likeness (QED) is 0.846. The molecule has 0 aliphatic heterocycles. The minimum absolute atomic E-state index is 0.179. The molecule has 0 radical (unpaired) electrons. The molecule has 104 valence electrons. The van der Waals surface area contributed by atoms with Gasteiger partial charge in [-0.1, -0.05) is 36.4 Å². The van der Waals surface area contributed by atoms with Crippen LogP contribution in [0.1, 0.15) is 16.7 Å². The molecule has 0 spiro atoms. The number of carbonyl (C=O) groups is 1. The first-order chi connectivity index (χ1) is 9.56. The summed E-state index contributed by atoms with van der Waals surface area (Å²) in [5.74, 6) is 0.179. The number of hydrogen-bond donors (Lipinski definition) is 0. The van der Waals surface area contributed by atoms with E-state index in [0.29, 0.717) is 12.8 Å². The van der Waals surface area contributed by atoms with E-state index in [4.69, 9.17) is 0 Å². The van der Waals surface area contributed by atoms with Crippen molar-refractivity contribution in [1.82, 2.24) is 0 Å². The second-order valence-electron chi connectivity index (χ2n) is 4.92. The summed E-state index contributed by atoms with van der Waals surface area (Å²) in [6.07, 6.45) is 2.49. The van der Waals surface area contributed by atoms with Crippen LogP contribution in [-0.2, 0) is 28.4 Å². The van der Waals surface area contributed by atoms with E-state index in [0.717, 1.165) is 21.6 Å². The van der Waals surface area contributed by atoms with Crippen LogP contribution in [0.15, 0.2) is 53.4 Å². The molecule has 0 aromatic heterocycles. The lowest BCUT2D eigenvalue weighted by Gasteiger charge is -2.06. The molecule has 2 aromatic rings. The van der Waals surface area contributed by atoms with Crippen LogP contribution in [0, 0.1) is 6.92 Å². The zero-order chi connectivity index (χ0) is 14.5. The van der Waals surface area contributed by atoms with Gasteiger partial charge in [0.15, 0.2) is 0 Å². The Bertz CT molecular complexity index is 647. The fraction of sp³-hybridized carbons (Fsp3) is 0.235. The minimum atomic E-state index is -1.01. The van der Waals surface area contributed by atoms with Gasteiger partial charge in [0.2, 0.25) is 0 Å². The lowest BCUT2D eigenvalue weighted by molar-refractivity contribution is -0.117. The third kappa shape index (κ3) is 3.87. The van der Waals surface area contributed by atoms with Crippen LogP contribution >= 0.6 is 0 Å². The topological polar surface area (TPSA) is 34.1 Å². The standard InChI is InChI=1S/C17H18O2S/c1-13-6-3-4-8-15(13)12-16(18)10-14-7-5-9-17(11-14)20(2)19/h3-9,11H,10,12H2,1-2H3. The molecule has 0 N–H and O–H groups in total. The average Bonchev–Trinajstić information content (AvgIpc) is 2.41. The van der Waals surface area contributed by atoms with Crippen molar-refractivity contribution in [3.05, 3.63) is 65.2 Å². The molecule has 0 saturated carbocycles. The molecular formula is C17H18O2S. The van der Waals surface area contributed by atoms with E-state index in [9.17, 15) is 9.00 Å². The zero-order valence-corrected chi connectivity index (χ0v) is 12.6. The predicted octanol–water partition coefficient (Wildman–Crippen LogP) is 3.09. The van der Waals surface area contributed by atoms with E-state index < -0.39 is 10.8 Å². The third-order valence-electron chi connectivity index (χ3n) is 3.28. The third-order valence-corrected chi connectivity index (χ3v) is 4.20. The lowest BCUT2D eigenvalue weighted by Crippen LogP contribution is -2.08. The van der Waals surface area contributed by atoms with E-state index in [2.05, 4.69) is 0 Å². The highest BCUT2D eigenvalue weighted by atomic mass is 32.2. The molecule has 1 unspecified atom stereocenters. The Hall–Kier alpha value is -1.74. The summed E-state index contributed by atoms with van der Waals surface area (Å²) in [7, 11) is -1.01. The normalized spacial score (nSPS) is 12.1. The first-order valence-corrected chi connectivity index (χ1v) is 8.10. The fourth-order valence-electron chi connectivity index (χ4n) is 2.15. The van der Waals surface area contributed by atoms with Crippen LogP contribution < -0.4 is 0 Å². The van der Waals surface area contributed by atoms with Gasteiger partial charge >= 0.3 is 0 Å². The Balaban J connectivity index is 2.07. The van der Waals surface area contributed by atoms with Crippen LogP contribution in [0.2, 0.25) is 0 Å². The van der Waals surface area contributed by atoms with Gasteiger partial charge in [0.1, 0.15) is 5.78 Å². The van der Waals surface area contributed by atoms with Gasteiger partial charge in [0, 0.05) is 34.8 Å². The van der Waals surface area contributed by atoms with Crippen molar-refractivity contribution in [3.8, 4) is 0 Å². The highest BCUT2D eigenvalue weighted by molar-refractivity contribution is 7.84. The molecule has 0 saturated heterocycles. The van der Waals surface area contributed by atoms with Gasteiger partial charge in [0.25, 0.3) is 0 Å².